The Morgan fingerprint density at radius 3 is 2.58 bits per heavy atom. The minimum absolute atomic E-state index is 0.00913. The van der Waals surface area contributed by atoms with Gasteiger partial charge < -0.3 is 39.2 Å². The fraction of sp³-hybridized carbons (Fsp3) is 0.625. The molecule has 4 heterocycles. The summed E-state index contributed by atoms with van der Waals surface area (Å²) in [6, 6.07) is 3.58. The molecule has 5 atom stereocenters. The first-order chi connectivity index (χ1) is 28.4. The Morgan fingerprint density at radius 1 is 1.07 bits per heavy atom. The number of hydrogen-bond acceptors (Lipinski definition) is 12. The molecule has 59 heavy (non-hydrogen) atoms. The molecule has 322 valence electrons. The second-order valence-corrected chi connectivity index (χ2v) is 18.2. The number of benzene rings is 1. The highest BCUT2D eigenvalue weighted by Gasteiger charge is 2.62. The van der Waals surface area contributed by atoms with Crippen LogP contribution in [-0.2, 0) is 34.1 Å². The average molecular weight is 906 g/mol. The third-order valence-electron chi connectivity index (χ3n) is 11.7. The summed E-state index contributed by atoms with van der Waals surface area (Å²) in [5.41, 5.74) is -1.04. The van der Waals surface area contributed by atoms with Crippen molar-refractivity contribution in [3.8, 4) is 17.4 Å². The van der Waals surface area contributed by atoms with Crippen LogP contribution in [0.1, 0.15) is 77.6 Å². The lowest BCUT2D eigenvalue weighted by atomic mass is 10.0. The highest BCUT2D eigenvalue weighted by molar-refractivity contribution is 9.10. The second-order valence-electron chi connectivity index (χ2n) is 15.7. The van der Waals surface area contributed by atoms with Crippen molar-refractivity contribution >= 4 is 60.9 Å². The second kappa shape index (κ2) is 18.6. The Labute approximate surface area is 352 Å². The predicted octanol–water partition coefficient (Wildman–Crippen LogP) is 3.88. The Hall–Kier alpha value is -4.20. The first-order valence-corrected chi connectivity index (χ1v) is 22.8. The van der Waals surface area contributed by atoms with Gasteiger partial charge in [-0.3, -0.25) is 14.4 Å². The number of pyridine rings is 1. The third-order valence-corrected chi connectivity index (χ3v) is 13.9. The maximum absolute atomic E-state index is 14.5. The molecule has 3 N–H and O–H groups in total. The molecule has 2 aliphatic carbocycles. The fourth-order valence-corrected chi connectivity index (χ4v) is 10.2. The summed E-state index contributed by atoms with van der Waals surface area (Å²) in [6.07, 6.45) is 8.64. The summed E-state index contributed by atoms with van der Waals surface area (Å²) < 4.78 is 59.5. The quantitative estimate of drug-likeness (QED) is 0.291. The highest BCUT2D eigenvalue weighted by atomic mass is 79.9. The number of ether oxygens (including phenoxy) is 5. The average Bonchev–Trinajstić information content (AvgIpc) is 3.47. The summed E-state index contributed by atoms with van der Waals surface area (Å²) in [5.74, 6) is -1.08. The number of aromatic nitrogens is 1. The van der Waals surface area contributed by atoms with Gasteiger partial charge in [0.15, 0.2) is 0 Å². The van der Waals surface area contributed by atoms with Crippen molar-refractivity contribution in [3.63, 3.8) is 0 Å². The molecule has 1 aromatic heterocycles. The molecule has 4 amide bonds. The van der Waals surface area contributed by atoms with Crippen LogP contribution in [0.4, 0.5) is 4.79 Å². The number of allylic oxidation sites excluding steroid dienone is 1. The molecule has 2 saturated carbocycles. The Kier molecular flexibility index (Phi) is 13.5. The molecule has 0 radical (unpaired) electrons. The molecule has 4 fully saturated rings. The van der Waals surface area contributed by atoms with Gasteiger partial charge in [-0.05, 0) is 86.4 Å². The molecule has 7 rings (SSSR count). The lowest BCUT2D eigenvalue weighted by molar-refractivity contribution is -0.140. The standard InChI is InChI=1S/C40H53BrN6O11S/c1-3-56-33-22-32(29-14-15-31(54-2)35(41)36(29)43-33)57-28-21-30-37(49)44-40(38(50)45-59(52,53)46-16-18-55-19-17-46)23-25(40)10-6-4-5-7-11-26(20-34(48)47(30)24-28)42-39(51)58-27-12-8-9-13-27/h6,10,14-15,22,25-28,30H,3-5,7-9,11-13,16-21,23-24H2,1-2H3,(H,42,51)(H,44,49)(H,45,50)/b10-6-/t25-,26+,28-,30+,40-/m1/s1. The van der Waals surface area contributed by atoms with E-state index in [1.54, 1.807) is 25.3 Å². The highest BCUT2D eigenvalue weighted by Crippen LogP contribution is 2.46. The molecule has 5 aliphatic rings. The Bertz CT molecular complexity index is 2040. The molecule has 0 spiro atoms. The van der Waals surface area contributed by atoms with Crippen LogP contribution in [0.15, 0.2) is 34.8 Å². The summed E-state index contributed by atoms with van der Waals surface area (Å²) in [7, 11) is -2.68. The SMILES string of the molecule is CCOc1cc(O[C@@H]2C[C@H]3C(=O)N[C@]4(C(=O)NS(=O)(=O)N5CCOCC5)C[C@H]4/C=C\CCCC[C@H](NC(=O)OC4CCCC4)CC(=O)N3C2)c2ccc(OC)c(Br)c2n1. The molecule has 0 bridgehead atoms. The zero-order chi connectivity index (χ0) is 41.7. The van der Waals surface area contributed by atoms with Crippen molar-refractivity contribution in [1.29, 1.82) is 0 Å². The summed E-state index contributed by atoms with van der Waals surface area (Å²) in [4.78, 5) is 62.1. The van der Waals surface area contributed by atoms with Crippen LogP contribution in [0, 0.1) is 5.92 Å². The van der Waals surface area contributed by atoms with Crippen molar-refractivity contribution in [3.05, 3.63) is 34.8 Å². The van der Waals surface area contributed by atoms with Crippen molar-refractivity contribution in [2.24, 2.45) is 5.92 Å². The van der Waals surface area contributed by atoms with E-state index < -0.39 is 63.7 Å². The van der Waals surface area contributed by atoms with Crippen LogP contribution in [0.25, 0.3) is 10.9 Å². The number of amides is 4. The molecule has 1 aromatic carbocycles. The predicted molar refractivity (Wildman–Crippen MR) is 218 cm³/mol. The fourth-order valence-electron chi connectivity index (χ4n) is 8.42. The smallest absolute Gasteiger partial charge is 0.407 e. The van der Waals surface area contributed by atoms with E-state index in [0.29, 0.717) is 58.6 Å². The lowest BCUT2D eigenvalue weighted by Gasteiger charge is -2.29. The molecule has 3 aliphatic heterocycles. The number of morpholine rings is 1. The number of carbonyl (C=O) groups excluding carboxylic acids is 4. The van der Waals surface area contributed by atoms with Crippen molar-refractivity contribution in [2.45, 2.75) is 107 Å². The normalized spacial score (nSPS) is 27.7. The Morgan fingerprint density at radius 2 is 1.83 bits per heavy atom. The van der Waals surface area contributed by atoms with E-state index in [4.69, 9.17) is 23.7 Å². The van der Waals surface area contributed by atoms with Gasteiger partial charge in [-0.25, -0.2) is 14.5 Å². The van der Waals surface area contributed by atoms with Crippen molar-refractivity contribution < 1.29 is 51.3 Å². The van der Waals surface area contributed by atoms with E-state index in [2.05, 4.69) is 36.3 Å². The molecule has 17 nitrogen and oxygen atoms in total. The number of rotatable bonds is 10. The van der Waals surface area contributed by atoms with Crippen LogP contribution in [0.2, 0.25) is 0 Å². The zero-order valence-corrected chi connectivity index (χ0v) is 35.8. The van der Waals surface area contributed by atoms with E-state index in [9.17, 15) is 27.6 Å². The van der Waals surface area contributed by atoms with E-state index in [1.165, 1.54) is 4.90 Å². The summed E-state index contributed by atoms with van der Waals surface area (Å²) in [6.45, 7) is 2.76. The Balaban J connectivity index is 1.17. The monoisotopic (exact) mass is 904 g/mol. The van der Waals surface area contributed by atoms with E-state index >= 15 is 0 Å². The van der Waals surface area contributed by atoms with Crippen molar-refractivity contribution in [2.75, 3.05) is 46.6 Å². The van der Waals surface area contributed by atoms with E-state index in [0.717, 1.165) is 36.4 Å². The minimum Gasteiger partial charge on any atom is -0.495 e. The van der Waals surface area contributed by atoms with Crippen LogP contribution < -0.4 is 29.6 Å². The minimum atomic E-state index is -4.23. The molecule has 2 aromatic rings. The van der Waals surface area contributed by atoms with Gasteiger partial charge in [0.25, 0.3) is 5.91 Å². The number of nitrogens with one attached hydrogen (secondary N) is 3. The van der Waals surface area contributed by atoms with Gasteiger partial charge in [-0.1, -0.05) is 18.6 Å². The van der Waals surface area contributed by atoms with Gasteiger partial charge in [-0.15, -0.1) is 0 Å². The molecule has 2 saturated heterocycles. The number of halogens is 1. The summed E-state index contributed by atoms with van der Waals surface area (Å²) in [5, 5.41) is 6.47. The van der Waals surface area contributed by atoms with Crippen molar-refractivity contribution in [1.82, 2.24) is 29.5 Å². The van der Waals surface area contributed by atoms with Gasteiger partial charge in [0.05, 0.1) is 43.5 Å². The van der Waals surface area contributed by atoms with E-state index in [1.807, 2.05) is 19.1 Å². The van der Waals surface area contributed by atoms with Crippen LogP contribution in [-0.4, -0.2) is 123 Å². The third kappa shape index (κ3) is 9.89. The van der Waals surface area contributed by atoms with Gasteiger partial charge in [0.1, 0.15) is 35.3 Å². The van der Waals surface area contributed by atoms with Gasteiger partial charge >= 0.3 is 16.3 Å². The van der Waals surface area contributed by atoms with Crippen LogP contribution in [0.3, 0.4) is 0 Å². The number of alkyl carbamates (subject to hydrolysis) is 1. The lowest BCUT2D eigenvalue weighted by Crippen LogP contribution is -2.58. The molecular formula is C40H53BrN6O11S. The molecule has 19 heteroatoms. The van der Waals surface area contributed by atoms with Gasteiger partial charge in [0.2, 0.25) is 17.7 Å². The first kappa shape index (κ1) is 42.9. The number of nitrogens with zero attached hydrogens (tertiary/aromatic N) is 3. The maximum atomic E-state index is 14.5. The van der Waals surface area contributed by atoms with Gasteiger partial charge in [0, 0.05) is 49.3 Å². The molecular weight excluding hydrogens is 852 g/mol. The van der Waals surface area contributed by atoms with Gasteiger partial charge in [-0.2, -0.15) is 12.7 Å². The van der Waals surface area contributed by atoms with E-state index in [-0.39, 0.29) is 58.2 Å². The first-order valence-electron chi connectivity index (χ1n) is 20.5. The topological polar surface area (TPSA) is 204 Å². The van der Waals surface area contributed by atoms with Crippen LogP contribution >= 0.6 is 15.9 Å². The largest absolute Gasteiger partial charge is 0.495 e. The summed E-state index contributed by atoms with van der Waals surface area (Å²) >= 11 is 3.59. The number of hydrogen-bond donors (Lipinski definition) is 3. The van der Waals surface area contributed by atoms with Crippen LogP contribution in [0.5, 0.6) is 17.4 Å². The number of methoxy groups -OCH3 is 1. The number of fused-ring (bicyclic) bond motifs is 3. The maximum Gasteiger partial charge on any atom is 0.407 e. The number of carbonyl (C=O) groups is 4. The zero-order valence-electron chi connectivity index (χ0n) is 33.4. The molecule has 0 unspecified atom stereocenters.